The summed E-state index contributed by atoms with van der Waals surface area (Å²) in [4.78, 5) is 29.4. The molecule has 13 nitrogen and oxygen atoms in total. The van der Waals surface area contributed by atoms with Gasteiger partial charge in [-0.05, 0) is 31.7 Å². The molecule has 0 aliphatic carbocycles. The third kappa shape index (κ3) is 5.60. The SMILES string of the molecule is CCCc1c2nc(-c3cc(S(=O)(=O)N4CCN(C)CC4)cnc3OCCOC)n(C)c(=O)c2nn1-c1ccccn1. The molecule has 218 valence electrons. The zero-order valence-electron chi connectivity index (χ0n) is 23.6. The second-order valence-electron chi connectivity index (χ2n) is 9.87. The second-order valence-corrected chi connectivity index (χ2v) is 11.8. The van der Waals surface area contributed by atoms with Crippen molar-refractivity contribution in [2.75, 3.05) is 53.6 Å². The van der Waals surface area contributed by atoms with Crippen LogP contribution in [0.2, 0.25) is 0 Å². The van der Waals surface area contributed by atoms with E-state index < -0.39 is 10.0 Å². The summed E-state index contributed by atoms with van der Waals surface area (Å²) in [6, 6.07) is 6.96. The third-order valence-electron chi connectivity index (χ3n) is 7.04. The average Bonchev–Trinajstić information content (AvgIpc) is 3.34. The molecule has 1 fully saturated rings. The molecule has 4 aromatic heterocycles. The largest absolute Gasteiger partial charge is 0.475 e. The van der Waals surface area contributed by atoms with Crippen LogP contribution in [0.25, 0.3) is 28.2 Å². The van der Waals surface area contributed by atoms with Crippen LogP contribution in [0.15, 0.2) is 46.3 Å². The number of ether oxygens (including phenoxy) is 2. The maximum atomic E-state index is 13.7. The number of pyridine rings is 2. The Morgan fingerprint density at radius 3 is 2.49 bits per heavy atom. The van der Waals surface area contributed by atoms with Crippen molar-refractivity contribution >= 4 is 21.1 Å². The summed E-state index contributed by atoms with van der Waals surface area (Å²) in [5.74, 6) is 0.939. The lowest BCUT2D eigenvalue weighted by molar-refractivity contribution is 0.144. The van der Waals surface area contributed by atoms with Crippen molar-refractivity contribution in [2.45, 2.75) is 24.7 Å². The van der Waals surface area contributed by atoms with E-state index in [2.05, 4.69) is 20.0 Å². The van der Waals surface area contributed by atoms with Crippen LogP contribution in [0.5, 0.6) is 5.88 Å². The first-order valence-electron chi connectivity index (χ1n) is 13.5. The van der Waals surface area contributed by atoms with E-state index >= 15 is 0 Å². The molecule has 1 aliphatic rings. The van der Waals surface area contributed by atoms with Gasteiger partial charge in [0, 0.05) is 46.5 Å². The standard InChI is InChI=1S/C27H34N8O5S/c1-5-8-21-23-24(31-35(21)22-9-6-7-10-28-22)27(36)33(3)25(30-23)20-17-19(18-29-26(20)40-16-15-39-4)41(37,38)34-13-11-32(2)12-14-34/h6-7,9-10,17-18H,5,8,11-16H2,1-4H3. The van der Waals surface area contributed by atoms with Gasteiger partial charge in [-0.3, -0.25) is 9.36 Å². The Morgan fingerprint density at radius 1 is 1.02 bits per heavy atom. The first-order chi connectivity index (χ1) is 19.8. The third-order valence-corrected chi connectivity index (χ3v) is 8.91. The molecule has 1 aliphatic heterocycles. The summed E-state index contributed by atoms with van der Waals surface area (Å²) in [5.41, 5.74) is 1.25. The smallest absolute Gasteiger partial charge is 0.281 e. The molecule has 0 N–H and O–H groups in total. The topological polar surface area (TPSA) is 138 Å². The van der Waals surface area contributed by atoms with E-state index in [0.717, 1.165) is 12.1 Å². The van der Waals surface area contributed by atoms with E-state index in [1.165, 1.54) is 21.1 Å². The summed E-state index contributed by atoms with van der Waals surface area (Å²) < 4.78 is 42.7. The van der Waals surface area contributed by atoms with Crippen LogP contribution in [0.3, 0.4) is 0 Å². The zero-order chi connectivity index (χ0) is 29.1. The Balaban J connectivity index is 1.70. The Bertz CT molecular complexity index is 1700. The number of hydrogen-bond donors (Lipinski definition) is 0. The van der Waals surface area contributed by atoms with E-state index in [9.17, 15) is 13.2 Å². The highest BCUT2D eigenvalue weighted by Gasteiger charge is 2.30. The number of likely N-dealkylation sites (N-methyl/N-ethyl adjacent to an activating group) is 1. The number of piperazine rings is 1. The predicted octanol–water partition coefficient (Wildman–Crippen LogP) is 1.49. The minimum Gasteiger partial charge on any atom is -0.475 e. The molecule has 0 bridgehead atoms. The van der Waals surface area contributed by atoms with Crippen LogP contribution >= 0.6 is 0 Å². The zero-order valence-corrected chi connectivity index (χ0v) is 24.5. The summed E-state index contributed by atoms with van der Waals surface area (Å²) in [5, 5.41) is 4.59. The Labute approximate surface area is 238 Å². The molecule has 5 rings (SSSR count). The number of hydrogen-bond acceptors (Lipinski definition) is 10. The molecule has 4 aromatic rings. The van der Waals surface area contributed by atoms with Crippen molar-refractivity contribution in [3.05, 3.63) is 52.7 Å². The summed E-state index contributed by atoms with van der Waals surface area (Å²) in [7, 11) is 1.24. The van der Waals surface area contributed by atoms with Gasteiger partial charge >= 0.3 is 0 Å². The highest BCUT2D eigenvalue weighted by atomic mass is 32.2. The van der Waals surface area contributed by atoms with Gasteiger partial charge in [-0.1, -0.05) is 19.4 Å². The minimum absolute atomic E-state index is 0.00320. The molecule has 0 radical (unpaired) electrons. The first kappa shape index (κ1) is 28.8. The van der Waals surface area contributed by atoms with Gasteiger partial charge in [-0.25, -0.2) is 28.1 Å². The van der Waals surface area contributed by atoms with Crippen LogP contribution in [-0.4, -0.2) is 100 Å². The summed E-state index contributed by atoms with van der Waals surface area (Å²) in [6.45, 7) is 4.51. The molecular weight excluding hydrogens is 548 g/mol. The van der Waals surface area contributed by atoms with Crippen molar-refractivity contribution in [2.24, 2.45) is 7.05 Å². The number of rotatable bonds is 10. The Hall–Kier alpha value is -3.72. The lowest BCUT2D eigenvalue weighted by Crippen LogP contribution is -2.47. The first-order valence-corrected chi connectivity index (χ1v) is 14.9. The fourth-order valence-corrected chi connectivity index (χ4v) is 6.16. The van der Waals surface area contributed by atoms with Crippen molar-refractivity contribution < 1.29 is 17.9 Å². The van der Waals surface area contributed by atoms with Crippen molar-refractivity contribution in [1.82, 2.24) is 38.5 Å². The number of aryl methyl sites for hydroxylation is 1. The fraction of sp³-hybridized carbons (Fsp3) is 0.444. The van der Waals surface area contributed by atoms with Crippen LogP contribution in [-0.2, 0) is 28.2 Å². The number of methoxy groups -OCH3 is 1. The van der Waals surface area contributed by atoms with Gasteiger partial charge in [0.1, 0.15) is 22.8 Å². The van der Waals surface area contributed by atoms with Gasteiger partial charge in [0.2, 0.25) is 15.9 Å². The molecule has 5 heterocycles. The van der Waals surface area contributed by atoms with Gasteiger partial charge in [-0.15, -0.1) is 0 Å². The Morgan fingerprint density at radius 2 is 1.80 bits per heavy atom. The normalized spacial score (nSPS) is 15.0. The predicted molar refractivity (Wildman–Crippen MR) is 153 cm³/mol. The highest BCUT2D eigenvalue weighted by Crippen LogP contribution is 2.31. The lowest BCUT2D eigenvalue weighted by atomic mass is 10.2. The average molecular weight is 583 g/mol. The van der Waals surface area contributed by atoms with Crippen molar-refractivity contribution in [1.29, 1.82) is 0 Å². The van der Waals surface area contributed by atoms with Crippen LogP contribution in [0, 0.1) is 0 Å². The van der Waals surface area contributed by atoms with Gasteiger partial charge < -0.3 is 14.4 Å². The Kier molecular flexibility index (Phi) is 8.45. The lowest BCUT2D eigenvalue weighted by Gasteiger charge is -2.31. The molecule has 0 aromatic carbocycles. The van der Waals surface area contributed by atoms with Gasteiger partial charge in [0.25, 0.3) is 5.56 Å². The molecule has 1 saturated heterocycles. The molecule has 41 heavy (non-hydrogen) atoms. The highest BCUT2D eigenvalue weighted by molar-refractivity contribution is 7.89. The van der Waals surface area contributed by atoms with Crippen LogP contribution in [0.1, 0.15) is 19.0 Å². The molecule has 0 amide bonds. The van der Waals surface area contributed by atoms with Crippen LogP contribution < -0.4 is 10.3 Å². The van der Waals surface area contributed by atoms with E-state index in [-0.39, 0.29) is 39.8 Å². The molecule has 0 atom stereocenters. The van der Waals surface area contributed by atoms with Crippen molar-refractivity contribution in [3.8, 4) is 23.1 Å². The molecular formula is C27H34N8O5S. The maximum absolute atomic E-state index is 13.7. The number of fused-ring (bicyclic) bond motifs is 1. The maximum Gasteiger partial charge on any atom is 0.281 e. The van der Waals surface area contributed by atoms with Gasteiger partial charge in [0.05, 0.1) is 24.1 Å². The molecule has 0 spiro atoms. The second kappa shape index (κ2) is 12.0. The quantitative estimate of drug-likeness (QED) is 0.253. The number of sulfonamides is 1. The number of nitrogens with zero attached hydrogens (tertiary/aromatic N) is 8. The summed E-state index contributed by atoms with van der Waals surface area (Å²) >= 11 is 0. The van der Waals surface area contributed by atoms with Crippen molar-refractivity contribution in [3.63, 3.8) is 0 Å². The monoisotopic (exact) mass is 582 g/mol. The van der Waals surface area contributed by atoms with Gasteiger partial charge in [0.15, 0.2) is 11.3 Å². The van der Waals surface area contributed by atoms with Gasteiger partial charge in [-0.2, -0.15) is 9.40 Å². The van der Waals surface area contributed by atoms with E-state index in [1.54, 1.807) is 25.0 Å². The summed E-state index contributed by atoms with van der Waals surface area (Å²) in [6.07, 6.45) is 4.33. The molecule has 0 unspecified atom stereocenters. The van der Waals surface area contributed by atoms with Crippen LogP contribution in [0.4, 0.5) is 0 Å². The molecule has 0 saturated carbocycles. The minimum atomic E-state index is -3.85. The number of aromatic nitrogens is 6. The van der Waals surface area contributed by atoms with E-state index in [1.807, 2.05) is 32.2 Å². The van der Waals surface area contributed by atoms with E-state index in [0.29, 0.717) is 50.5 Å². The fourth-order valence-electron chi connectivity index (χ4n) is 4.76. The van der Waals surface area contributed by atoms with E-state index in [4.69, 9.17) is 14.5 Å². The molecule has 14 heteroatoms.